The van der Waals surface area contributed by atoms with E-state index >= 15 is 4.39 Å². The second-order valence-electron chi connectivity index (χ2n) is 13.7. The number of fused-ring (bicyclic) bond motifs is 7. The van der Waals surface area contributed by atoms with E-state index in [0.717, 1.165) is 11.4 Å². The molecule has 12 heteroatoms. The van der Waals surface area contributed by atoms with Crippen LogP contribution in [0.5, 0.6) is 0 Å². The first-order valence-corrected chi connectivity index (χ1v) is 18.5. The minimum atomic E-state index is -1.45. The first-order valence-electron chi connectivity index (χ1n) is 16.2. The number of amides is 1. The molecule has 0 radical (unpaired) electrons. The predicted octanol–water partition coefficient (Wildman–Crippen LogP) is 5.58. The van der Waals surface area contributed by atoms with Crippen molar-refractivity contribution in [3.8, 4) is 0 Å². The minimum Gasteiger partial charge on any atom is -0.441 e. The Labute approximate surface area is 277 Å². The Morgan fingerprint density at radius 2 is 2.07 bits per heavy atom. The number of aliphatic hydroxyl groups excluding tert-OH is 1. The van der Waals surface area contributed by atoms with E-state index in [-0.39, 0.29) is 36.4 Å². The number of aromatic nitrogens is 1. The summed E-state index contributed by atoms with van der Waals surface area (Å²) in [4.78, 5) is 45.2. The number of hydrogen-bond donors (Lipinski definition) is 1. The molecule has 0 aromatic carbocycles. The SMILES string of the molecule is CCCC1O[C@@H]2CC3[C@@H]4C[C@H](F)C5=CC(=O)C=C[C@]5(C)C4[C@@H](O)C[C@]3(C)[C@]2(C(=O)COC(=O)N(C)CCSSc2ccccn2)O1. The number of hydrogen-bond acceptors (Lipinski definition) is 10. The molecule has 1 N–H and O–H groups in total. The maximum Gasteiger partial charge on any atom is 0.409 e. The summed E-state index contributed by atoms with van der Waals surface area (Å²) >= 11 is 0. The number of Topliss-reactive ketones (excluding diaryl/α,β-unsaturated/α-hetero) is 1. The first kappa shape index (κ1) is 33.6. The van der Waals surface area contributed by atoms with Gasteiger partial charge in [0, 0.05) is 42.3 Å². The van der Waals surface area contributed by atoms with Gasteiger partial charge in [0.15, 0.2) is 24.3 Å². The highest BCUT2D eigenvalue weighted by Crippen LogP contribution is 2.70. The molecule has 3 saturated carbocycles. The summed E-state index contributed by atoms with van der Waals surface area (Å²) in [5.41, 5.74) is -2.72. The van der Waals surface area contributed by atoms with E-state index in [1.807, 2.05) is 39.0 Å². The van der Waals surface area contributed by atoms with Gasteiger partial charge in [-0.15, -0.1) is 0 Å². The van der Waals surface area contributed by atoms with Crippen molar-refractivity contribution < 1.29 is 38.1 Å². The second kappa shape index (κ2) is 13.0. The summed E-state index contributed by atoms with van der Waals surface area (Å²) in [7, 11) is 4.72. The molecule has 0 bridgehead atoms. The molecule has 2 heterocycles. The topological polar surface area (TPSA) is 115 Å². The zero-order chi connectivity index (χ0) is 32.9. The molecule has 10 atom stereocenters. The third kappa shape index (κ3) is 5.55. The molecule has 4 fully saturated rings. The molecule has 1 saturated heterocycles. The number of rotatable bonds is 10. The number of carbonyl (C=O) groups excluding carboxylic acids is 3. The van der Waals surface area contributed by atoms with Crippen LogP contribution in [-0.2, 0) is 23.8 Å². The van der Waals surface area contributed by atoms with Crippen LogP contribution in [0.1, 0.15) is 52.9 Å². The molecule has 1 aromatic rings. The summed E-state index contributed by atoms with van der Waals surface area (Å²) in [6.45, 7) is 5.79. The highest BCUT2D eigenvalue weighted by Gasteiger charge is 2.76. The van der Waals surface area contributed by atoms with Crippen LogP contribution in [0.2, 0.25) is 0 Å². The Balaban J connectivity index is 1.18. The number of nitrogens with zero attached hydrogens (tertiary/aromatic N) is 2. The van der Waals surface area contributed by atoms with Crippen molar-refractivity contribution in [2.24, 2.45) is 28.6 Å². The summed E-state index contributed by atoms with van der Waals surface area (Å²) in [6, 6.07) is 5.69. The van der Waals surface area contributed by atoms with Crippen LogP contribution >= 0.6 is 21.6 Å². The molecule has 9 nitrogen and oxygen atoms in total. The van der Waals surface area contributed by atoms with E-state index < -0.39 is 59.6 Å². The Hall–Kier alpha value is -2.25. The van der Waals surface area contributed by atoms with Crippen LogP contribution in [-0.4, -0.2) is 88.9 Å². The van der Waals surface area contributed by atoms with Gasteiger partial charge in [0.2, 0.25) is 5.78 Å². The maximum absolute atomic E-state index is 15.9. The largest absolute Gasteiger partial charge is 0.441 e. The molecule has 1 aromatic heterocycles. The Morgan fingerprint density at radius 3 is 2.80 bits per heavy atom. The third-order valence-corrected chi connectivity index (χ3v) is 13.4. The average molecular weight is 675 g/mol. The molecular weight excluding hydrogens is 632 g/mol. The summed E-state index contributed by atoms with van der Waals surface area (Å²) < 4.78 is 34.4. The van der Waals surface area contributed by atoms with E-state index in [1.54, 1.807) is 30.1 Å². The fraction of sp³-hybridized carbons (Fsp3) is 0.647. The molecule has 1 aliphatic heterocycles. The van der Waals surface area contributed by atoms with Gasteiger partial charge in [-0.25, -0.2) is 14.2 Å². The quantitative estimate of drug-likeness (QED) is 0.249. The Bertz CT molecular complexity index is 1410. The van der Waals surface area contributed by atoms with Crippen molar-refractivity contribution in [2.45, 2.75) is 88.2 Å². The smallest absolute Gasteiger partial charge is 0.409 e. The number of ketones is 2. The highest BCUT2D eigenvalue weighted by molar-refractivity contribution is 8.76. The van der Waals surface area contributed by atoms with Gasteiger partial charge in [-0.2, -0.15) is 0 Å². The van der Waals surface area contributed by atoms with Crippen molar-refractivity contribution >= 4 is 39.2 Å². The van der Waals surface area contributed by atoms with Crippen LogP contribution in [0.3, 0.4) is 0 Å². The van der Waals surface area contributed by atoms with Gasteiger partial charge >= 0.3 is 6.09 Å². The number of allylic oxidation sites excluding steroid dienone is 4. The average Bonchev–Trinajstić information content (AvgIpc) is 3.51. The van der Waals surface area contributed by atoms with Crippen molar-refractivity contribution in [2.75, 3.05) is 26.0 Å². The van der Waals surface area contributed by atoms with Gasteiger partial charge in [0.1, 0.15) is 11.2 Å². The zero-order valence-corrected chi connectivity index (χ0v) is 28.4. The molecule has 250 valence electrons. The fourth-order valence-corrected chi connectivity index (χ4v) is 11.0. The van der Waals surface area contributed by atoms with Crippen molar-refractivity contribution in [1.29, 1.82) is 0 Å². The second-order valence-corrected chi connectivity index (χ2v) is 16.1. The van der Waals surface area contributed by atoms with Gasteiger partial charge in [-0.3, -0.25) is 9.59 Å². The van der Waals surface area contributed by atoms with Gasteiger partial charge in [-0.1, -0.05) is 50.1 Å². The lowest BCUT2D eigenvalue weighted by atomic mass is 9.46. The number of ether oxygens (including phenoxy) is 3. The summed E-state index contributed by atoms with van der Waals surface area (Å²) in [5, 5.41) is 12.7. The molecule has 1 amide bonds. The normalized spacial score (nSPS) is 39.1. The lowest BCUT2D eigenvalue weighted by molar-refractivity contribution is -0.202. The van der Waals surface area contributed by atoms with Crippen LogP contribution in [0, 0.1) is 28.6 Å². The molecule has 46 heavy (non-hydrogen) atoms. The van der Waals surface area contributed by atoms with Crippen LogP contribution < -0.4 is 0 Å². The Kier molecular flexibility index (Phi) is 9.50. The van der Waals surface area contributed by atoms with Crippen molar-refractivity contribution in [1.82, 2.24) is 9.88 Å². The standard InChI is InChI=1S/C34H43FN2O7S2/c1-5-8-29-43-27-17-22-21-16-24(35)23-15-20(38)10-11-32(23,2)30(21)25(39)18-33(22,3)34(27,44-29)26(40)19-42-31(41)37(4)13-14-45-46-28-9-6-7-12-36-28/h6-7,9-12,15,21-22,24-25,27,29-30,39H,5,8,13-14,16-19H2,1-4H3/t21-,22?,24-,25-,27+,29?,30?,32-,33-,34+/m0/s1. The maximum atomic E-state index is 15.9. The number of halogens is 1. The van der Waals surface area contributed by atoms with Gasteiger partial charge < -0.3 is 24.2 Å². The van der Waals surface area contributed by atoms with Crippen molar-refractivity contribution in [3.05, 3.63) is 48.2 Å². The summed E-state index contributed by atoms with van der Waals surface area (Å²) in [6.07, 6.45) is 4.54. The lowest BCUT2D eigenvalue weighted by Gasteiger charge is -2.60. The fourth-order valence-electron chi connectivity index (χ4n) is 9.12. The van der Waals surface area contributed by atoms with E-state index in [9.17, 15) is 19.5 Å². The van der Waals surface area contributed by atoms with E-state index in [0.29, 0.717) is 30.7 Å². The van der Waals surface area contributed by atoms with Crippen molar-refractivity contribution in [3.63, 3.8) is 0 Å². The number of carbonyl (C=O) groups is 3. The minimum absolute atomic E-state index is 0.149. The zero-order valence-electron chi connectivity index (χ0n) is 26.7. The third-order valence-electron chi connectivity index (χ3n) is 11.1. The van der Waals surface area contributed by atoms with Crippen LogP contribution in [0.15, 0.2) is 53.2 Å². The summed E-state index contributed by atoms with van der Waals surface area (Å²) in [5.74, 6) is -0.785. The van der Waals surface area contributed by atoms with Gasteiger partial charge in [0.05, 0.1) is 12.2 Å². The number of pyridine rings is 1. The highest BCUT2D eigenvalue weighted by atomic mass is 33.1. The van der Waals surface area contributed by atoms with Crippen LogP contribution in [0.4, 0.5) is 9.18 Å². The molecule has 3 unspecified atom stereocenters. The molecular formula is C34H43FN2O7S2. The Morgan fingerprint density at radius 1 is 1.26 bits per heavy atom. The van der Waals surface area contributed by atoms with Gasteiger partial charge in [0.25, 0.3) is 0 Å². The van der Waals surface area contributed by atoms with E-state index in [4.69, 9.17) is 14.2 Å². The number of alkyl halides is 1. The van der Waals surface area contributed by atoms with E-state index in [1.165, 1.54) is 27.8 Å². The van der Waals surface area contributed by atoms with E-state index in [2.05, 4.69) is 4.98 Å². The monoisotopic (exact) mass is 674 g/mol. The number of aliphatic hydroxyl groups is 1. The molecule has 4 aliphatic carbocycles. The molecule has 5 aliphatic rings. The molecule has 0 spiro atoms. The first-order chi connectivity index (χ1) is 21.9. The van der Waals surface area contributed by atoms with Crippen LogP contribution in [0.25, 0.3) is 0 Å². The van der Waals surface area contributed by atoms with Gasteiger partial charge in [-0.05, 0) is 78.2 Å². The predicted molar refractivity (Wildman–Crippen MR) is 173 cm³/mol. The lowest BCUT2D eigenvalue weighted by Crippen LogP contribution is -2.64. The molecule has 6 rings (SSSR count).